The van der Waals surface area contributed by atoms with Gasteiger partial charge < -0.3 is 19.3 Å². The molecule has 2 atom stereocenters. The Morgan fingerprint density at radius 3 is 0.953 bits per heavy atom. The van der Waals surface area contributed by atoms with Crippen LogP contribution in [-0.4, -0.2) is 0 Å². The lowest BCUT2D eigenvalue weighted by molar-refractivity contribution is 0.349. The molecule has 0 aliphatic heterocycles. The molecule has 8 heteroatoms. The molecule has 4 aliphatic rings. The van der Waals surface area contributed by atoms with Gasteiger partial charge in [0.15, 0.2) is 0 Å². The van der Waals surface area contributed by atoms with Gasteiger partial charge in [-0.1, -0.05) is 223 Å². The van der Waals surface area contributed by atoms with E-state index in [4.69, 9.17) is 9.47 Å². The van der Waals surface area contributed by atoms with E-state index in [0.29, 0.717) is 34.4 Å². The second-order valence-electron chi connectivity index (χ2n) is 30.1. The summed E-state index contributed by atoms with van der Waals surface area (Å²) in [6.45, 7) is 17.2. The SMILES string of the molecule is C=Cc1ccc(Oc2ccc(C3(c4ccc(F)cc4)c4ccccc4-c4ccc(N(c5ccc6c(c5)C5(CC6(C)C)CC(C)(C)c6ccc(N(c7ccc8c(c7)C(c7ccc(F)cc7)(c7ccc(Oc9ccc(C=C)cc9)cc7)c7ccccc7-8)c7ccccc7F)cc65)c5ccccc5F)cc43)cc2)cc1. The van der Waals surface area contributed by atoms with Crippen molar-refractivity contribution in [3.8, 4) is 45.3 Å². The Morgan fingerprint density at radius 2 is 0.598 bits per heavy atom. The van der Waals surface area contributed by atoms with Gasteiger partial charge in [0.05, 0.1) is 22.2 Å². The first kappa shape index (κ1) is 66.4. The Bertz CT molecular complexity index is 5500. The molecule has 0 N–H and O–H groups in total. The zero-order valence-electron chi connectivity index (χ0n) is 59.7. The standard InChI is InChI=1S/C99H74F4N2O2/c1-7-63-25-45-75(46-26-63)106-77-49-33-67(34-50-77)98(65-29-37-69(100)38-30-65)83-19-11-9-17-79(83)81-53-41-71(57-87(81)98)104(93-23-15-13-21-91(93)102)73-43-55-85-89(59-73)97(61-95(85,3)4)62-96(5,6)86-56-44-74(60-90(86)97)105(94-24-16-14-22-92(94)103)72-42-54-82-80-18-10-12-20-84(80)99(88(82)58-72,66-31-39-70(101)40-32-66)68-35-51-78(52-36-68)107-76-47-27-64(8-2)28-48-76/h7-60H,1-2,61-62H2,3-6H3. The molecule has 0 radical (unpaired) electrons. The summed E-state index contributed by atoms with van der Waals surface area (Å²) >= 11 is 0. The van der Waals surface area contributed by atoms with Gasteiger partial charge in [-0.05, 0) is 269 Å². The molecule has 1 spiro atoms. The Kier molecular flexibility index (Phi) is 15.8. The maximum absolute atomic E-state index is 17.4. The lowest BCUT2D eigenvalue weighted by atomic mass is 9.67. The van der Waals surface area contributed by atoms with Crippen LogP contribution in [0.15, 0.2) is 329 Å². The summed E-state index contributed by atoms with van der Waals surface area (Å²) in [5, 5.41) is 0. The van der Waals surface area contributed by atoms with Crippen molar-refractivity contribution in [2.45, 2.75) is 67.6 Å². The Labute approximate surface area is 622 Å². The molecule has 107 heavy (non-hydrogen) atoms. The van der Waals surface area contributed by atoms with E-state index >= 15 is 17.6 Å². The van der Waals surface area contributed by atoms with Crippen molar-refractivity contribution in [1.29, 1.82) is 0 Å². The molecule has 18 rings (SSSR count). The predicted octanol–water partition coefficient (Wildman–Crippen LogP) is 26.4. The molecule has 0 aromatic heterocycles. The highest BCUT2D eigenvalue weighted by Gasteiger charge is 2.57. The van der Waals surface area contributed by atoms with Crippen molar-refractivity contribution in [1.82, 2.24) is 0 Å². The number of ether oxygens (including phenoxy) is 2. The second kappa shape index (κ2) is 25.4. The number of fused-ring (bicyclic) bond motifs is 10. The van der Waals surface area contributed by atoms with Crippen molar-refractivity contribution >= 4 is 46.3 Å². The fourth-order valence-corrected chi connectivity index (χ4v) is 18.7. The van der Waals surface area contributed by atoms with Gasteiger partial charge in [0.25, 0.3) is 0 Å². The maximum atomic E-state index is 17.4. The van der Waals surface area contributed by atoms with Crippen LogP contribution in [0.4, 0.5) is 51.7 Å². The van der Waals surface area contributed by atoms with Gasteiger partial charge in [-0.2, -0.15) is 0 Å². The highest BCUT2D eigenvalue weighted by atomic mass is 19.1. The van der Waals surface area contributed by atoms with E-state index in [1.807, 2.05) is 121 Å². The first-order valence-electron chi connectivity index (χ1n) is 36.4. The molecular formula is C99H74F4N2O2. The van der Waals surface area contributed by atoms with Crippen LogP contribution >= 0.6 is 0 Å². The van der Waals surface area contributed by atoms with Crippen LogP contribution in [0.5, 0.6) is 23.0 Å². The van der Waals surface area contributed by atoms with Crippen molar-refractivity contribution in [2.24, 2.45) is 0 Å². The number of rotatable bonds is 16. The Balaban J connectivity index is 0.789. The van der Waals surface area contributed by atoms with Crippen molar-refractivity contribution in [3.05, 3.63) is 430 Å². The average molecular weight is 1400 g/mol. The number of hydrogen-bond donors (Lipinski definition) is 0. The van der Waals surface area contributed by atoms with E-state index < -0.39 is 27.9 Å². The number of halogens is 4. The van der Waals surface area contributed by atoms with E-state index in [-0.39, 0.29) is 22.5 Å². The maximum Gasteiger partial charge on any atom is 0.147 e. The van der Waals surface area contributed by atoms with Crippen LogP contribution in [-0.2, 0) is 27.1 Å². The smallest absolute Gasteiger partial charge is 0.147 e. The topological polar surface area (TPSA) is 24.9 Å². The van der Waals surface area contributed by atoms with Crippen LogP contribution in [0.1, 0.15) is 118 Å². The quantitative estimate of drug-likeness (QED) is 0.0900. The molecule has 0 heterocycles. The fraction of sp³-hybridized carbons (Fsp3) is 0.111. The summed E-state index contributed by atoms with van der Waals surface area (Å²) in [7, 11) is 0. The molecule has 0 bridgehead atoms. The van der Waals surface area contributed by atoms with Gasteiger partial charge in [-0.3, -0.25) is 0 Å². The summed E-state index contributed by atoms with van der Waals surface area (Å²) in [6, 6.07) is 103. The van der Waals surface area contributed by atoms with Gasteiger partial charge in [0, 0.05) is 28.2 Å². The molecule has 0 saturated heterocycles. The minimum Gasteiger partial charge on any atom is -0.457 e. The predicted molar refractivity (Wildman–Crippen MR) is 426 cm³/mol. The minimum absolute atomic E-state index is 0.333. The monoisotopic (exact) mass is 1400 g/mol. The van der Waals surface area contributed by atoms with Gasteiger partial charge >= 0.3 is 0 Å². The van der Waals surface area contributed by atoms with Crippen LogP contribution in [0.3, 0.4) is 0 Å². The third-order valence-corrected chi connectivity index (χ3v) is 23.1. The van der Waals surface area contributed by atoms with E-state index in [2.05, 4.69) is 196 Å². The van der Waals surface area contributed by atoms with E-state index in [1.165, 1.54) is 47.5 Å². The van der Waals surface area contributed by atoms with Crippen LogP contribution in [0.25, 0.3) is 34.4 Å². The Hall–Kier alpha value is -12.5. The number of anilines is 6. The minimum atomic E-state index is -0.973. The third kappa shape index (κ3) is 10.6. The van der Waals surface area contributed by atoms with Crippen molar-refractivity contribution in [2.75, 3.05) is 9.80 Å². The largest absolute Gasteiger partial charge is 0.457 e. The lowest BCUT2D eigenvalue weighted by Gasteiger charge is -2.35. The lowest BCUT2D eigenvalue weighted by Crippen LogP contribution is -2.29. The van der Waals surface area contributed by atoms with Crippen molar-refractivity contribution < 1.29 is 27.0 Å². The summed E-state index contributed by atoms with van der Waals surface area (Å²) in [4.78, 5) is 4.12. The molecule has 0 saturated carbocycles. The van der Waals surface area contributed by atoms with Gasteiger partial charge in [-0.25, -0.2) is 17.6 Å². The molecule has 2 unspecified atom stereocenters. The second-order valence-corrected chi connectivity index (χ2v) is 30.1. The van der Waals surface area contributed by atoms with E-state index in [9.17, 15) is 0 Å². The summed E-state index contributed by atoms with van der Waals surface area (Å²) in [6.07, 6.45) is 5.13. The highest BCUT2D eigenvalue weighted by Crippen LogP contribution is 2.66. The molecule has 0 fully saturated rings. The molecular weight excluding hydrogens is 1330 g/mol. The zero-order valence-corrected chi connectivity index (χ0v) is 59.7. The molecule has 4 aliphatic carbocycles. The first-order chi connectivity index (χ1) is 52.0. The molecule has 520 valence electrons. The first-order valence-corrected chi connectivity index (χ1v) is 36.4. The van der Waals surface area contributed by atoms with Crippen LogP contribution in [0.2, 0.25) is 0 Å². The summed E-state index contributed by atoms with van der Waals surface area (Å²) < 4.78 is 78.4. The van der Waals surface area contributed by atoms with Crippen molar-refractivity contribution in [3.63, 3.8) is 0 Å². The third-order valence-electron chi connectivity index (χ3n) is 23.1. The zero-order chi connectivity index (χ0) is 73.1. The highest BCUT2D eigenvalue weighted by molar-refractivity contribution is 5.92. The molecule has 0 amide bonds. The summed E-state index contributed by atoms with van der Waals surface area (Å²) in [5.41, 5.74) is 18.9. The molecule has 14 aromatic carbocycles. The van der Waals surface area contributed by atoms with Gasteiger partial charge in [0.1, 0.15) is 46.3 Å². The van der Waals surface area contributed by atoms with E-state index in [0.717, 1.165) is 125 Å². The summed E-state index contributed by atoms with van der Waals surface area (Å²) in [5.74, 6) is 1.20. The fourth-order valence-electron chi connectivity index (χ4n) is 18.7. The molecule has 4 nitrogen and oxygen atoms in total. The average Bonchev–Trinajstić information content (AvgIpc) is 1.56. The van der Waals surface area contributed by atoms with Gasteiger partial charge in [0.2, 0.25) is 0 Å². The Morgan fingerprint density at radius 1 is 0.299 bits per heavy atom. The van der Waals surface area contributed by atoms with E-state index in [1.54, 1.807) is 24.3 Å². The number of nitrogens with zero attached hydrogens (tertiary/aromatic N) is 2. The number of para-hydroxylation sites is 2. The molecule has 14 aromatic rings. The number of benzene rings is 14. The van der Waals surface area contributed by atoms with Crippen LogP contribution in [0, 0.1) is 23.3 Å². The number of hydrogen-bond acceptors (Lipinski definition) is 4. The normalized spacial score (nSPS) is 17.8. The van der Waals surface area contributed by atoms with Crippen LogP contribution < -0.4 is 19.3 Å². The van der Waals surface area contributed by atoms with Gasteiger partial charge in [-0.15, -0.1) is 0 Å².